The summed E-state index contributed by atoms with van der Waals surface area (Å²) in [6.07, 6.45) is 0. The minimum Gasteiger partial charge on any atom is -0.356 e. The van der Waals surface area contributed by atoms with Gasteiger partial charge in [0.05, 0.1) is 11.6 Å². The van der Waals surface area contributed by atoms with Crippen LogP contribution in [-0.2, 0) is 6.54 Å². The van der Waals surface area contributed by atoms with E-state index in [1.165, 1.54) is 16.8 Å². The van der Waals surface area contributed by atoms with Crippen molar-refractivity contribution in [3.63, 3.8) is 0 Å². The van der Waals surface area contributed by atoms with E-state index >= 15 is 0 Å². The van der Waals surface area contributed by atoms with Crippen LogP contribution in [0.1, 0.15) is 19.4 Å². The van der Waals surface area contributed by atoms with Crippen LogP contribution >= 0.6 is 11.6 Å². The number of fused-ring (bicyclic) bond motifs is 1. The van der Waals surface area contributed by atoms with Gasteiger partial charge >= 0.3 is 0 Å². The van der Waals surface area contributed by atoms with Gasteiger partial charge in [-0.25, -0.2) is 9.38 Å². The van der Waals surface area contributed by atoms with Gasteiger partial charge < -0.3 is 16.4 Å². The van der Waals surface area contributed by atoms with Crippen molar-refractivity contribution >= 4 is 34.0 Å². The number of hydrogen-bond acceptors (Lipinski definition) is 2. The molecule has 0 heterocycles. The normalized spacial score (nSPS) is 12.2. The summed E-state index contributed by atoms with van der Waals surface area (Å²) in [5.41, 5.74) is 7.54. The van der Waals surface area contributed by atoms with E-state index < -0.39 is 5.82 Å². The fourth-order valence-corrected chi connectivity index (χ4v) is 3.02. The molecule has 152 valence electrons. The van der Waals surface area contributed by atoms with Gasteiger partial charge in [-0.15, -0.1) is 0 Å². The number of anilines is 1. The molecule has 0 saturated carbocycles. The fraction of sp³-hybridized carbons (Fsp3) is 0.261. The summed E-state index contributed by atoms with van der Waals surface area (Å²) in [4.78, 5) is 4.75. The Morgan fingerprint density at radius 3 is 2.62 bits per heavy atom. The number of nitrogens with one attached hydrogen (secondary N) is 2. The van der Waals surface area contributed by atoms with Crippen molar-refractivity contribution in [1.82, 2.24) is 5.32 Å². The second-order valence-corrected chi connectivity index (χ2v) is 8.19. The van der Waals surface area contributed by atoms with Crippen LogP contribution in [0, 0.1) is 11.2 Å². The van der Waals surface area contributed by atoms with E-state index in [-0.39, 0.29) is 10.4 Å². The SMILES string of the molecule is CC(C)(CN)CNC(=NCc1cccc2ccccc12)Nc1ccc(F)c(Cl)c1. The minimum atomic E-state index is -0.455. The molecule has 29 heavy (non-hydrogen) atoms. The first-order valence-electron chi connectivity index (χ1n) is 9.55. The smallest absolute Gasteiger partial charge is 0.196 e. The number of aliphatic imine (C=N–C) groups is 1. The average molecular weight is 413 g/mol. The largest absolute Gasteiger partial charge is 0.356 e. The number of guanidine groups is 1. The minimum absolute atomic E-state index is 0.0608. The van der Waals surface area contributed by atoms with Crippen molar-refractivity contribution in [1.29, 1.82) is 0 Å². The third-order valence-corrected chi connectivity index (χ3v) is 5.05. The molecule has 0 unspecified atom stereocenters. The molecule has 0 fully saturated rings. The highest BCUT2D eigenvalue weighted by Gasteiger charge is 2.16. The van der Waals surface area contributed by atoms with Crippen molar-refractivity contribution < 1.29 is 4.39 Å². The van der Waals surface area contributed by atoms with Crippen LogP contribution in [0.3, 0.4) is 0 Å². The van der Waals surface area contributed by atoms with Crippen molar-refractivity contribution in [3.8, 4) is 0 Å². The zero-order valence-corrected chi connectivity index (χ0v) is 17.4. The van der Waals surface area contributed by atoms with Gasteiger partial charge in [0.1, 0.15) is 5.82 Å². The number of hydrogen-bond donors (Lipinski definition) is 3. The van der Waals surface area contributed by atoms with E-state index in [1.54, 1.807) is 12.1 Å². The third-order valence-electron chi connectivity index (χ3n) is 4.76. The molecule has 3 aromatic rings. The van der Waals surface area contributed by atoms with Gasteiger partial charge in [-0.3, -0.25) is 0 Å². The zero-order valence-electron chi connectivity index (χ0n) is 16.7. The van der Waals surface area contributed by atoms with Crippen molar-refractivity contribution in [2.45, 2.75) is 20.4 Å². The lowest BCUT2D eigenvalue weighted by Gasteiger charge is -2.24. The van der Waals surface area contributed by atoms with Gasteiger partial charge in [0.15, 0.2) is 5.96 Å². The molecule has 0 atom stereocenters. The molecule has 4 N–H and O–H groups in total. The Bertz CT molecular complexity index is 1010. The Morgan fingerprint density at radius 1 is 1.10 bits per heavy atom. The summed E-state index contributed by atoms with van der Waals surface area (Å²) in [5.74, 6) is 0.130. The maximum absolute atomic E-state index is 13.5. The van der Waals surface area contributed by atoms with Gasteiger partial charge in [-0.1, -0.05) is 67.9 Å². The summed E-state index contributed by atoms with van der Waals surface area (Å²) in [7, 11) is 0. The average Bonchev–Trinajstić information content (AvgIpc) is 2.72. The van der Waals surface area contributed by atoms with Gasteiger partial charge in [0.25, 0.3) is 0 Å². The predicted octanol–water partition coefficient (Wildman–Crippen LogP) is 5.17. The van der Waals surface area contributed by atoms with Crippen LogP contribution in [-0.4, -0.2) is 19.0 Å². The summed E-state index contributed by atoms with van der Waals surface area (Å²) in [6, 6.07) is 18.9. The molecule has 0 aliphatic rings. The summed E-state index contributed by atoms with van der Waals surface area (Å²) >= 11 is 5.92. The molecule has 0 aliphatic heterocycles. The Balaban J connectivity index is 1.85. The topological polar surface area (TPSA) is 62.4 Å². The van der Waals surface area contributed by atoms with Gasteiger partial charge in [0.2, 0.25) is 0 Å². The summed E-state index contributed by atoms with van der Waals surface area (Å²) in [5, 5.41) is 8.95. The van der Waals surface area contributed by atoms with Gasteiger partial charge in [-0.2, -0.15) is 0 Å². The number of benzene rings is 3. The highest BCUT2D eigenvalue weighted by molar-refractivity contribution is 6.31. The summed E-state index contributed by atoms with van der Waals surface area (Å²) < 4.78 is 13.5. The van der Waals surface area contributed by atoms with Gasteiger partial charge in [0, 0.05) is 12.2 Å². The maximum atomic E-state index is 13.5. The van der Waals surface area contributed by atoms with E-state index in [0.717, 1.165) is 5.56 Å². The molecular formula is C23H26ClFN4. The number of halogens is 2. The van der Waals surface area contributed by atoms with E-state index in [9.17, 15) is 4.39 Å². The second-order valence-electron chi connectivity index (χ2n) is 7.78. The van der Waals surface area contributed by atoms with Crippen LogP contribution in [0.4, 0.5) is 10.1 Å². The molecule has 6 heteroatoms. The van der Waals surface area contributed by atoms with Crippen molar-refractivity contribution in [2.75, 3.05) is 18.4 Å². The Morgan fingerprint density at radius 2 is 1.86 bits per heavy atom. The third kappa shape index (κ3) is 5.68. The van der Waals surface area contributed by atoms with E-state index in [1.807, 2.05) is 18.2 Å². The number of nitrogens with zero attached hydrogens (tertiary/aromatic N) is 1. The van der Waals surface area contributed by atoms with Crippen LogP contribution in [0.2, 0.25) is 5.02 Å². The predicted molar refractivity (Wildman–Crippen MR) is 121 cm³/mol. The zero-order chi connectivity index (χ0) is 20.9. The lowest BCUT2D eigenvalue weighted by atomic mass is 9.94. The first-order valence-corrected chi connectivity index (χ1v) is 9.93. The maximum Gasteiger partial charge on any atom is 0.196 e. The molecule has 0 bridgehead atoms. The Kier molecular flexibility index (Phi) is 6.72. The van der Waals surface area contributed by atoms with E-state index in [4.69, 9.17) is 22.3 Å². The lowest BCUT2D eigenvalue weighted by Crippen LogP contribution is -2.41. The monoisotopic (exact) mass is 412 g/mol. The van der Waals surface area contributed by atoms with E-state index in [2.05, 4.69) is 48.7 Å². The molecule has 0 spiro atoms. The quantitative estimate of drug-likeness (QED) is 0.386. The van der Waals surface area contributed by atoms with Crippen LogP contribution < -0.4 is 16.4 Å². The Labute approximate surface area is 176 Å². The van der Waals surface area contributed by atoms with Crippen molar-refractivity contribution in [3.05, 3.63) is 77.1 Å². The van der Waals surface area contributed by atoms with Crippen LogP contribution in [0.25, 0.3) is 10.8 Å². The van der Waals surface area contributed by atoms with E-state index in [0.29, 0.717) is 31.3 Å². The van der Waals surface area contributed by atoms with Gasteiger partial charge in [-0.05, 0) is 46.5 Å². The molecule has 0 saturated heterocycles. The highest BCUT2D eigenvalue weighted by atomic mass is 35.5. The van der Waals surface area contributed by atoms with Crippen LogP contribution in [0.15, 0.2) is 65.7 Å². The lowest BCUT2D eigenvalue weighted by molar-refractivity contribution is 0.376. The fourth-order valence-electron chi connectivity index (χ4n) is 2.84. The molecule has 3 rings (SSSR count). The first-order chi connectivity index (χ1) is 13.9. The molecular weight excluding hydrogens is 387 g/mol. The molecule has 3 aromatic carbocycles. The standard InChI is InChI=1S/C23H26ClFN4/c1-23(2,14-26)15-28-22(29-18-10-11-21(25)20(24)12-18)27-13-17-8-5-7-16-6-3-4-9-19(16)17/h3-12H,13-15,26H2,1-2H3,(H2,27,28,29). The first kappa shape index (κ1) is 21.1. The van der Waals surface area contributed by atoms with Crippen molar-refractivity contribution in [2.24, 2.45) is 16.1 Å². The van der Waals surface area contributed by atoms with Crippen LogP contribution in [0.5, 0.6) is 0 Å². The number of rotatable bonds is 6. The Hall–Kier alpha value is -2.63. The molecule has 0 amide bonds. The highest BCUT2D eigenvalue weighted by Crippen LogP contribution is 2.21. The molecule has 0 aromatic heterocycles. The number of nitrogens with two attached hydrogens (primary N) is 1. The summed E-state index contributed by atoms with van der Waals surface area (Å²) in [6.45, 7) is 5.83. The molecule has 4 nitrogen and oxygen atoms in total. The molecule has 0 radical (unpaired) electrons. The second kappa shape index (κ2) is 9.25. The molecule has 0 aliphatic carbocycles.